The average Bonchev–Trinajstić information content (AvgIpc) is 2.71. The predicted octanol–water partition coefficient (Wildman–Crippen LogP) is 3.53. The fourth-order valence-electron chi connectivity index (χ4n) is 3.46. The van der Waals surface area contributed by atoms with Crippen LogP contribution < -0.4 is 5.73 Å². The summed E-state index contributed by atoms with van der Waals surface area (Å²) >= 11 is 0. The zero-order chi connectivity index (χ0) is 19.2. The molecule has 1 heterocycles. The minimum absolute atomic E-state index is 0.125. The number of likely N-dealkylation sites (tertiary alicyclic amines) is 1. The molecular weight excluding hydrogens is 344 g/mol. The molecule has 6 nitrogen and oxygen atoms in total. The lowest BCUT2D eigenvalue weighted by Crippen LogP contribution is -2.44. The highest BCUT2D eigenvalue weighted by atomic mass is 16.6. The van der Waals surface area contributed by atoms with Crippen LogP contribution in [0.15, 0.2) is 54.6 Å². The van der Waals surface area contributed by atoms with Crippen LogP contribution >= 0.6 is 0 Å². The Bertz CT molecular complexity index is 794. The molecule has 1 aliphatic rings. The Balaban J connectivity index is 1.75. The van der Waals surface area contributed by atoms with Gasteiger partial charge in [0, 0.05) is 12.2 Å². The summed E-state index contributed by atoms with van der Waals surface area (Å²) < 4.78 is 10.4. The molecule has 1 aliphatic heterocycles. The van der Waals surface area contributed by atoms with Gasteiger partial charge in [0.2, 0.25) is 0 Å². The second-order valence-electron chi connectivity index (χ2n) is 6.68. The Hall–Kier alpha value is -3.02. The molecule has 1 fully saturated rings. The number of esters is 1. The Morgan fingerprint density at radius 1 is 1.11 bits per heavy atom. The third-order valence-electron chi connectivity index (χ3n) is 4.85. The van der Waals surface area contributed by atoms with Crippen LogP contribution in [0.25, 0.3) is 0 Å². The van der Waals surface area contributed by atoms with Crippen molar-refractivity contribution in [3.63, 3.8) is 0 Å². The van der Waals surface area contributed by atoms with E-state index in [0.29, 0.717) is 18.5 Å². The number of nitrogen functional groups attached to an aromatic ring is 1. The zero-order valence-electron chi connectivity index (χ0n) is 15.3. The number of carbonyl (C=O) groups excluding carboxylic acids is 2. The monoisotopic (exact) mass is 368 g/mol. The minimum Gasteiger partial charge on any atom is -0.469 e. The van der Waals surface area contributed by atoms with Crippen LogP contribution in [0.4, 0.5) is 10.5 Å². The lowest BCUT2D eigenvalue weighted by molar-refractivity contribution is -0.147. The number of anilines is 1. The number of carbonyl (C=O) groups is 2. The molecule has 2 N–H and O–H groups in total. The molecule has 3 rings (SSSR count). The molecule has 2 unspecified atom stereocenters. The van der Waals surface area contributed by atoms with E-state index in [1.807, 2.05) is 42.5 Å². The number of hydrogen-bond donors (Lipinski definition) is 1. The number of hydrogen-bond acceptors (Lipinski definition) is 5. The van der Waals surface area contributed by atoms with Crippen LogP contribution in [0.3, 0.4) is 0 Å². The Kier molecular flexibility index (Phi) is 5.96. The molecule has 2 aromatic rings. The van der Waals surface area contributed by atoms with Crippen molar-refractivity contribution >= 4 is 17.7 Å². The Morgan fingerprint density at radius 3 is 2.59 bits per heavy atom. The van der Waals surface area contributed by atoms with Gasteiger partial charge in [0.15, 0.2) is 0 Å². The van der Waals surface area contributed by atoms with Gasteiger partial charge in [-0.1, -0.05) is 42.5 Å². The first-order valence-corrected chi connectivity index (χ1v) is 8.99. The molecule has 6 heteroatoms. The molecule has 1 saturated heterocycles. The van der Waals surface area contributed by atoms with Crippen molar-refractivity contribution in [1.82, 2.24) is 4.90 Å². The fourth-order valence-corrected chi connectivity index (χ4v) is 3.46. The van der Waals surface area contributed by atoms with Crippen LogP contribution in [0.1, 0.15) is 30.0 Å². The third kappa shape index (κ3) is 4.58. The van der Waals surface area contributed by atoms with Crippen LogP contribution in [0.5, 0.6) is 0 Å². The SMILES string of the molecule is COC(=O)C1CCC(c2ccccc2)N(C(=O)OCc2cccc(N)c2)C1. The highest BCUT2D eigenvalue weighted by molar-refractivity contribution is 5.75. The molecule has 142 valence electrons. The second kappa shape index (κ2) is 8.58. The van der Waals surface area contributed by atoms with E-state index in [9.17, 15) is 9.59 Å². The summed E-state index contributed by atoms with van der Waals surface area (Å²) in [4.78, 5) is 26.4. The van der Waals surface area contributed by atoms with Crippen molar-refractivity contribution in [3.8, 4) is 0 Å². The van der Waals surface area contributed by atoms with Gasteiger partial charge in [-0.25, -0.2) is 4.79 Å². The largest absolute Gasteiger partial charge is 0.469 e. The topological polar surface area (TPSA) is 81.9 Å². The number of nitrogens with zero attached hydrogens (tertiary/aromatic N) is 1. The lowest BCUT2D eigenvalue weighted by atomic mass is 9.89. The molecule has 0 saturated carbocycles. The summed E-state index contributed by atoms with van der Waals surface area (Å²) in [5, 5.41) is 0. The van der Waals surface area contributed by atoms with Crippen molar-refractivity contribution in [2.45, 2.75) is 25.5 Å². The van der Waals surface area contributed by atoms with E-state index in [-0.39, 0.29) is 31.1 Å². The van der Waals surface area contributed by atoms with Gasteiger partial charge in [-0.05, 0) is 36.1 Å². The smallest absolute Gasteiger partial charge is 0.410 e. The van der Waals surface area contributed by atoms with Gasteiger partial charge >= 0.3 is 12.1 Å². The molecule has 2 aromatic carbocycles. The number of benzene rings is 2. The van der Waals surface area contributed by atoms with E-state index in [1.54, 1.807) is 17.0 Å². The maximum atomic E-state index is 12.8. The van der Waals surface area contributed by atoms with E-state index >= 15 is 0 Å². The molecule has 0 aromatic heterocycles. The lowest BCUT2D eigenvalue weighted by Gasteiger charge is -2.38. The zero-order valence-corrected chi connectivity index (χ0v) is 15.3. The highest BCUT2D eigenvalue weighted by Gasteiger charge is 2.36. The standard InChI is InChI=1S/C21H24N2O4/c1-26-20(24)17-10-11-19(16-7-3-2-4-8-16)23(13-17)21(25)27-14-15-6-5-9-18(22)12-15/h2-9,12,17,19H,10-11,13-14,22H2,1H3. The van der Waals surface area contributed by atoms with Crippen molar-refractivity contribution in [2.24, 2.45) is 5.92 Å². The summed E-state index contributed by atoms with van der Waals surface area (Å²) in [7, 11) is 1.37. The average molecular weight is 368 g/mol. The summed E-state index contributed by atoms with van der Waals surface area (Å²) in [5.74, 6) is -0.634. The van der Waals surface area contributed by atoms with E-state index < -0.39 is 6.09 Å². The maximum Gasteiger partial charge on any atom is 0.410 e. The fraction of sp³-hybridized carbons (Fsp3) is 0.333. The van der Waals surface area contributed by atoms with Gasteiger partial charge in [0.25, 0.3) is 0 Å². The third-order valence-corrected chi connectivity index (χ3v) is 4.85. The van der Waals surface area contributed by atoms with Crippen LogP contribution in [0, 0.1) is 5.92 Å². The highest BCUT2D eigenvalue weighted by Crippen LogP contribution is 2.34. The van der Waals surface area contributed by atoms with E-state index in [1.165, 1.54) is 7.11 Å². The summed E-state index contributed by atoms with van der Waals surface area (Å²) in [5.41, 5.74) is 8.24. The first-order chi connectivity index (χ1) is 13.1. The molecule has 27 heavy (non-hydrogen) atoms. The quantitative estimate of drug-likeness (QED) is 0.659. The number of nitrogens with two attached hydrogens (primary N) is 1. The first kappa shape index (κ1) is 18.8. The molecular formula is C21H24N2O4. The van der Waals surface area contributed by atoms with E-state index in [0.717, 1.165) is 11.1 Å². The Morgan fingerprint density at radius 2 is 1.89 bits per heavy atom. The van der Waals surface area contributed by atoms with Gasteiger partial charge in [0.05, 0.1) is 19.1 Å². The van der Waals surface area contributed by atoms with E-state index in [2.05, 4.69) is 0 Å². The van der Waals surface area contributed by atoms with Crippen molar-refractivity contribution < 1.29 is 19.1 Å². The van der Waals surface area contributed by atoms with Gasteiger partial charge in [-0.15, -0.1) is 0 Å². The second-order valence-corrected chi connectivity index (χ2v) is 6.68. The molecule has 0 aliphatic carbocycles. The number of ether oxygens (including phenoxy) is 2. The molecule has 1 amide bonds. The minimum atomic E-state index is -0.445. The normalized spacial score (nSPS) is 19.4. The van der Waals surface area contributed by atoms with Crippen LogP contribution in [0.2, 0.25) is 0 Å². The van der Waals surface area contributed by atoms with Gasteiger partial charge in [0.1, 0.15) is 6.61 Å². The van der Waals surface area contributed by atoms with Crippen LogP contribution in [-0.2, 0) is 20.9 Å². The molecule has 0 radical (unpaired) electrons. The number of piperidine rings is 1. The van der Waals surface area contributed by atoms with Gasteiger partial charge in [-0.2, -0.15) is 0 Å². The van der Waals surface area contributed by atoms with Crippen LogP contribution in [-0.4, -0.2) is 30.6 Å². The predicted molar refractivity (Wildman–Crippen MR) is 102 cm³/mol. The number of rotatable bonds is 4. The summed E-state index contributed by atoms with van der Waals surface area (Å²) in [6.45, 7) is 0.409. The number of methoxy groups -OCH3 is 1. The van der Waals surface area contributed by atoms with E-state index in [4.69, 9.17) is 15.2 Å². The van der Waals surface area contributed by atoms with Gasteiger partial charge in [-0.3, -0.25) is 4.79 Å². The molecule has 0 spiro atoms. The van der Waals surface area contributed by atoms with Crippen molar-refractivity contribution in [3.05, 3.63) is 65.7 Å². The first-order valence-electron chi connectivity index (χ1n) is 8.99. The van der Waals surface area contributed by atoms with Crippen molar-refractivity contribution in [2.75, 3.05) is 19.4 Å². The summed E-state index contributed by atoms with van der Waals surface area (Å²) in [6.07, 6.45) is 0.905. The van der Waals surface area contributed by atoms with Crippen molar-refractivity contribution in [1.29, 1.82) is 0 Å². The molecule has 2 atom stereocenters. The maximum absolute atomic E-state index is 12.8. The molecule has 0 bridgehead atoms. The summed E-state index contributed by atoms with van der Waals surface area (Å²) in [6, 6.07) is 16.9. The van der Waals surface area contributed by atoms with Gasteiger partial charge < -0.3 is 20.1 Å². The number of amides is 1. The Labute approximate surface area is 158 Å².